The van der Waals surface area contributed by atoms with Crippen molar-refractivity contribution in [2.75, 3.05) is 0 Å². The Labute approximate surface area is 140 Å². The first-order chi connectivity index (χ1) is 10.7. The van der Waals surface area contributed by atoms with Gasteiger partial charge >= 0.3 is 5.97 Å². The van der Waals surface area contributed by atoms with Crippen LogP contribution in [0.15, 0.2) is 24.3 Å². The quantitative estimate of drug-likeness (QED) is 0.853. The van der Waals surface area contributed by atoms with E-state index in [2.05, 4.69) is 10.3 Å². The summed E-state index contributed by atoms with van der Waals surface area (Å²) < 4.78 is 6.29. The summed E-state index contributed by atoms with van der Waals surface area (Å²) in [6, 6.07) is 7.87. The summed E-state index contributed by atoms with van der Waals surface area (Å²) >= 11 is 1.57. The zero-order valence-electron chi connectivity index (χ0n) is 13.9. The first kappa shape index (κ1) is 17.4. The van der Waals surface area contributed by atoms with Crippen molar-refractivity contribution in [3.8, 4) is 0 Å². The number of aromatic nitrogens is 1. The molecule has 1 N–H and O–H groups in total. The van der Waals surface area contributed by atoms with Gasteiger partial charge in [0.05, 0.1) is 21.6 Å². The highest BCUT2D eigenvalue weighted by Gasteiger charge is 2.22. The van der Waals surface area contributed by atoms with Crippen molar-refractivity contribution in [3.63, 3.8) is 0 Å². The fourth-order valence-corrected chi connectivity index (χ4v) is 2.98. The van der Waals surface area contributed by atoms with Crippen LogP contribution in [-0.2, 0) is 20.7 Å². The molecule has 0 bridgehead atoms. The molecule has 2 rings (SSSR count). The summed E-state index contributed by atoms with van der Waals surface area (Å²) in [5.74, 6) is -0.674. The van der Waals surface area contributed by atoms with Crippen LogP contribution < -0.4 is 5.32 Å². The molecule has 124 valence electrons. The van der Waals surface area contributed by atoms with Crippen molar-refractivity contribution in [2.45, 2.75) is 52.2 Å². The molecular weight excluding hydrogens is 312 g/mol. The molecule has 5 nitrogen and oxygen atoms in total. The minimum absolute atomic E-state index is 0.215. The highest BCUT2D eigenvalue weighted by Crippen LogP contribution is 2.22. The second-order valence-electron chi connectivity index (χ2n) is 6.45. The number of esters is 1. The number of thiazole rings is 1. The SMILES string of the molecule is CC(OC(=O)CCc1nc2ccccc2s1)C(=O)NC(C)(C)C. The van der Waals surface area contributed by atoms with Crippen LogP contribution in [0.2, 0.25) is 0 Å². The molecule has 2 aromatic rings. The van der Waals surface area contributed by atoms with Crippen LogP contribution in [0.3, 0.4) is 0 Å². The second-order valence-corrected chi connectivity index (χ2v) is 7.56. The number of rotatable bonds is 5. The molecule has 0 aliphatic carbocycles. The lowest BCUT2D eigenvalue weighted by atomic mass is 10.1. The lowest BCUT2D eigenvalue weighted by molar-refractivity contribution is -0.155. The third-order valence-electron chi connectivity index (χ3n) is 3.06. The number of fused-ring (bicyclic) bond motifs is 1. The molecule has 0 aliphatic heterocycles. The van der Waals surface area contributed by atoms with Crippen molar-refractivity contribution in [2.24, 2.45) is 0 Å². The zero-order valence-corrected chi connectivity index (χ0v) is 14.7. The molecule has 0 saturated heterocycles. The van der Waals surface area contributed by atoms with Gasteiger partial charge in [0.1, 0.15) is 0 Å². The molecule has 23 heavy (non-hydrogen) atoms. The van der Waals surface area contributed by atoms with Crippen molar-refractivity contribution < 1.29 is 14.3 Å². The number of carbonyl (C=O) groups is 2. The van der Waals surface area contributed by atoms with Gasteiger partial charge in [0.2, 0.25) is 0 Å². The van der Waals surface area contributed by atoms with Gasteiger partial charge < -0.3 is 10.1 Å². The Bertz CT molecular complexity index is 670. The Kier molecular flexibility index (Phi) is 5.36. The van der Waals surface area contributed by atoms with E-state index in [-0.39, 0.29) is 23.8 Å². The van der Waals surface area contributed by atoms with Crippen molar-refractivity contribution >= 4 is 33.4 Å². The number of aryl methyl sites for hydroxylation is 1. The van der Waals surface area contributed by atoms with Crippen molar-refractivity contribution in [1.29, 1.82) is 0 Å². The first-order valence-electron chi connectivity index (χ1n) is 7.60. The smallest absolute Gasteiger partial charge is 0.306 e. The van der Waals surface area contributed by atoms with Crippen molar-refractivity contribution in [3.05, 3.63) is 29.3 Å². The molecular formula is C17H22N2O3S. The van der Waals surface area contributed by atoms with Crippen molar-refractivity contribution in [1.82, 2.24) is 10.3 Å². The summed E-state index contributed by atoms with van der Waals surface area (Å²) in [7, 11) is 0. The number of para-hydroxylation sites is 1. The molecule has 1 amide bonds. The number of nitrogens with zero attached hydrogens (tertiary/aromatic N) is 1. The third kappa shape index (κ3) is 5.32. The van der Waals surface area contributed by atoms with Crippen LogP contribution in [0.1, 0.15) is 39.1 Å². The minimum Gasteiger partial charge on any atom is -0.453 e. The lowest BCUT2D eigenvalue weighted by Gasteiger charge is -2.23. The van der Waals surface area contributed by atoms with Crippen LogP contribution >= 0.6 is 11.3 Å². The summed E-state index contributed by atoms with van der Waals surface area (Å²) in [6.45, 7) is 7.22. The normalized spacial score (nSPS) is 12.9. The highest BCUT2D eigenvalue weighted by molar-refractivity contribution is 7.18. The number of ether oxygens (including phenoxy) is 1. The van der Waals surface area contributed by atoms with Gasteiger partial charge in [-0.05, 0) is 39.8 Å². The molecule has 0 fully saturated rings. The van der Waals surface area contributed by atoms with E-state index in [1.165, 1.54) is 0 Å². The lowest BCUT2D eigenvalue weighted by Crippen LogP contribution is -2.46. The molecule has 0 radical (unpaired) electrons. The predicted octanol–water partition coefficient (Wildman–Crippen LogP) is 3.08. The van der Waals surface area contributed by atoms with E-state index in [1.54, 1.807) is 18.3 Å². The number of amides is 1. The Morgan fingerprint density at radius 3 is 2.65 bits per heavy atom. The standard InChI is InChI=1S/C17H22N2O3S/c1-11(16(21)19-17(2,3)4)22-15(20)10-9-14-18-12-7-5-6-8-13(12)23-14/h5-8,11H,9-10H2,1-4H3,(H,19,21). The van der Waals surface area contributed by atoms with Gasteiger partial charge in [-0.15, -0.1) is 11.3 Å². The number of carbonyl (C=O) groups excluding carboxylic acids is 2. The summed E-state index contributed by atoms with van der Waals surface area (Å²) in [5, 5.41) is 3.69. The molecule has 0 saturated carbocycles. The van der Waals surface area contributed by atoms with Crippen LogP contribution in [-0.4, -0.2) is 28.5 Å². The van der Waals surface area contributed by atoms with Crippen LogP contribution in [0.25, 0.3) is 10.2 Å². The Hall–Kier alpha value is -1.95. The van der Waals surface area contributed by atoms with Gasteiger partial charge in [0, 0.05) is 12.0 Å². The number of nitrogens with one attached hydrogen (secondary N) is 1. The van der Waals surface area contributed by atoms with Gasteiger partial charge in [-0.1, -0.05) is 12.1 Å². The van der Waals surface area contributed by atoms with E-state index in [0.717, 1.165) is 15.2 Å². The number of hydrogen-bond donors (Lipinski definition) is 1. The molecule has 1 atom stereocenters. The average Bonchev–Trinajstić information content (AvgIpc) is 2.86. The van der Waals surface area contributed by atoms with Crippen LogP contribution in [0, 0.1) is 0 Å². The maximum atomic E-state index is 11.9. The van der Waals surface area contributed by atoms with E-state index in [0.29, 0.717) is 6.42 Å². The number of benzene rings is 1. The molecule has 1 aromatic heterocycles. The Morgan fingerprint density at radius 1 is 1.30 bits per heavy atom. The fourth-order valence-electron chi connectivity index (χ4n) is 2.02. The molecule has 0 aliphatic rings. The largest absolute Gasteiger partial charge is 0.453 e. The predicted molar refractivity (Wildman–Crippen MR) is 91.4 cm³/mol. The topological polar surface area (TPSA) is 68.3 Å². The monoisotopic (exact) mass is 334 g/mol. The molecule has 6 heteroatoms. The third-order valence-corrected chi connectivity index (χ3v) is 4.15. The summed E-state index contributed by atoms with van der Waals surface area (Å²) in [4.78, 5) is 28.3. The second kappa shape index (κ2) is 7.08. The van der Waals surface area contributed by atoms with E-state index in [4.69, 9.17) is 4.74 Å². The summed E-state index contributed by atoms with van der Waals surface area (Å²) in [6.07, 6.45) is -0.0595. The van der Waals surface area contributed by atoms with Gasteiger partial charge in [-0.25, -0.2) is 4.98 Å². The molecule has 1 unspecified atom stereocenters. The van der Waals surface area contributed by atoms with Gasteiger partial charge in [-0.3, -0.25) is 9.59 Å². The average molecular weight is 334 g/mol. The fraction of sp³-hybridized carbons (Fsp3) is 0.471. The summed E-state index contributed by atoms with van der Waals surface area (Å²) in [5.41, 5.74) is 0.595. The maximum absolute atomic E-state index is 11.9. The zero-order chi connectivity index (χ0) is 17.0. The molecule has 1 aromatic carbocycles. The molecule has 1 heterocycles. The highest BCUT2D eigenvalue weighted by atomic mass is 32.1. The van der Waals surface area contributed by atoms with Gasteiger partial charge in [-0.2, -0.15) is 0 Å². The Morgan fingerprint density at radius 2 is 2.00 bits per heavy atom. The van der Waals surface area contributed by atoms with Crippen LogP contribution in [0.4, 0.5) is 0 Å². The van der Waals surface area contributed by atoms with Crippen LogP contribution in [0.5, 0.6) is 0 Å². The minimum atomic E-state index is -0.794. The van der Waals surface area contributed by atoms with E-state index >= 15 is 0 Å². The van der Waals surface area contributed by atoms with E-state index in [1.807, 2.05) is 45.0 Å². The van der Waals surface area contributed by atoms with Gasteiger partial charge in [0.25, 0.3) is 5.91 Å². The Balaban J connectivity index is 1.83. The van der Waals surface area contributed by atoms with E-state index in [9.17, 15) is 9.59 Å². The molecule has 0 spiro atoms. The number of hydrogen-bond acceptors (Lipinski definition) is 5. The van der Waals surface area contributed by atoms with Gasteiger partial charge in [0.15, 0.2) is 6.10 Å². The van der Waals surface area contributed by atoms with E-state index < -0.39 is 6.10 Å². The first-order valence-corrected chi connectivity index (χ1v) is 8.42. The maximum Gasteiger partial charge on any atom is 0.306 e.